The molecule has 2 rings (SSSR count). The van der Waals surface area contributed by atoms with Crippen molar-refractivity contribution in [3.8, 4) is 0 Å². The Morgan fingerprint density at radius 3 is 2.94 bits per heavy atom. The highest BCUT2D eigenvalue weighted by Crippen LogP contribution is 2.29. The van der Waals surface area contributed by atoms with Gasteiger partial charge in [0.15, 0.2) is 9.84 Å². The number of aliphatic hydroxyl groups excluding tert-OH is 1. The van der Waals surface area contributed by atoms with Crippen LogP contribution in [0.3, 0.4) is 0 Å². The molecule has 1 N–H and O–H groups in total. The van der Waals surface area contributed by atoms with Crippen LogP contribution in [0.15, 0.2) is 9.64 Å². The van der Waals surface area contributed by atoms with Gasteiger partial charge in [0.2, 0.25) is 5.89 Å². The van der Waals surface area contributed by atoms with Crippen molar-refractivity contribution in [1.82, 2.24) is 10.2 Å². The van der Waals surface area contributed by atoms with E-state index < -0.39 is 9.84 Å². The predicted octanol–water partition coefficient (Wildman–Crippen LogP) is 0.0561. The second-order valence-electron chi connectivity index (χ2n) is 3.58. The first kappa shape index (κ1) is 11.9. The van der Waals surface area contributed by atoms with Crippen molar-refractivity contribution in [3.63, 3.8) is 0 Å². The summed E-state index contributed by atoms with van der Waals surface area (Å²) in [6, 6.07) is 0. The van der Waals surface area contributed by atoms with Crippen LogP contribution in [0.2, 0.25) is 0 Å². The second kappa shape index (κ2) is 4.72. The molecule has 0 unspecified atom stereocenters. The Morgan fingerprint density at radius 1 is 1.50 bits per heavy atom. The van der Waals surface area contributed by atoms with E-state index in [1.165, 1.54) is 11.8 Å². The molecule has 1 aromatic rings. The molecule has 2 heterocycles. The minimum Gasteiger partial charge on any atom is -0.416 e. The van der Waals surface area contributed by atoms with Crippen LogP contribution < -0.4 is 0 Å². The third kappa shape index (κ3) is 2.74. The highest BCUT2D eigenvalue weighted by molar-refractivity contribution is 7.99. The van der Waals surface area contributed by atoms with Gasteiger partial charge in [-0.2, -0.15) is 0 Å². The molecule has 6 nitrogen and oxygen atoms in total. The molecule has 0 radical (unpaired) electrons. The Balaban J connectivity index is 2.02. The summed E-state index contributed by atoms with van der Waals surface area (Å²) in [6.45, 7) is 0.0419. The number of hydrogen-bond donors (Lipinski definition) is 1. The number of sulfone groups is 1. The maximum absolute atomic E-state index is 11.3. The van der Waals surface area contributed by atoms with Gasteiger partial charge < -0.3 is 9.52 Å². The summed E-state index contributed by atoms with van der Waals surface area (Å²) in [5, 5.41) is 16.6. The van der Waals surface area contributed by atoms with E-state index in [9.17, 15) is 8.42 Å². The fraction of sp³-hybridized carbons (Fsp3) is 0.750. The molecular formula is C8H12N2O4S2. The number of thioether (sulfide) groups is 1. The monoisotopic (exact) mass is 264 g/mol. The van der Waals surface area contributed by atoms with Crippen molar-refractivity contribution < 1.29 is 17.9 Å². The molecule has 0 amide bonds. The Hall–Kier alpha value is -0.600. The first-order valence-electron chi connectivity index (χ1n) is 4.88. The van der Waals surface area contributed by atoms with Gasteiger partial charge >= 0.3 is 0 Å². The summed E-state index contributed by atoms with van der Waals surface area (Å²) >= 11 is 1.26. The highest BCUT2D eigenvalue weighted by atomic mass is 32.2. The van der Waals surface area contributed by atoms with Gasteiger partial charge in [-0.3, -0.25) is 0 Å². The Labute approximate surface area is 97.4 Å². The van der Waals surface area contributed by atoms with Gasteiger partial charge in [0.25, 0.3) is 5.22 Å². The average molecular weight is 264 g/mol. The van der Waals surface area contributed by atoms with Crippen molar-refractivity contribution in [1.29, 1.82) is 0 Å². The topological polar surface area (TPSA) is 93.3 Å². The van der Waals surface area contributed by atoms with Gasteiger partial charge in [-0.25, -0.2) is 8.42 Å². The van der Waals surface area contributed by atoms with Crippen LogP contribution in [-0.2, 0) is 9.84 Å². The van der Waals surface area contributed by atoms with Crippen LogP contribution in [0.4, 0.5) is 0 Å². The van der Waals surface area contributed by atoms with Crippen LogP contribution in [0.1, 0.15) is 18.2 Å². The van der Waals surface area contributed by atoms with Crippen molar-refractivity contribution in [2.75, 3.05) is 23.9 Å². The van der Waals surface area contributed by atoms with Crippen molar-refractivity contribution in [2.45, 2.75) is 17.6 Å². The molecule has 0 bridgehead atoms. The molecule has 1 aliphatic rings. The fourth-order valence-corrected chi connectivity index (χ4v) is 3.81. The van der Waals surface area contributed by atoms with Gasteiger partial charge in [-0.05, 0) is 6.42 Å². The number of aromatic nitrogens is 2. The molecule has 1 fully saturated rings. The maximum atomic E-state index is 11.3. The maximum Gasteiger partial charge on any atom is 0.276 e. The van der Waals surface area contributed by atoms with Crippen LogP contribution in [0.5, 0.6) is 0 Å². The summed E-state index contributed by atoms with van der Waals surface area (Å²) in [6.07, 6.45) is 0.550. The Kier molecular flexibility index (Phi) is 3.50. The predicted molar refractivity (Wildman–Crippen MR) is 58.1 cm³/mol. The molecule has 1 atom stereocenters. The summed E-state index contributed by atoms with van der Waals surface area (Å²) in [4.78, 5) is 0. The van der Waals surface area contributed by atoms with E-state index in [1.54, 1.807) is 0 Å². The van der Waals surface area contributed by atoms with Gasteiger partial charge in [0.05, 0.1) is 24.0 Å². The molecule has 1 aromatic heterocycles. The second-order valence-corrected chi connectivity index (χ2v) is 6.85. The van der Waals surface area contributed by atoms with E-state index in [0.717, 1.165) is 0 Å². The zero-order valence-corrected chi connectivity index (χ0v) is 10.1. The molecule has 0 saturated carbocycles. The largest absolute Gasteiger partial charge is 0.416 e. The van der Waals surface area contributed by atoms with E-state index in [-0.39, 0.29) is 24.0 Å². The smallest absolute Gasteiger partial charge is 0.276 e. The lowest BCUT2D eigenvalue weighted by Crippen LogP contribution is -2.03. The summed E-state index contributed by atoms with van der Waals surface area (Å²) in [5.74, 6) is 1.01. The lowest BCUT2D eigenvalue weighted by molar-refractivity contribution is 0.321. The van der Waals surface area contributed by atoms with E-state index in [1.807, 2.05) is 0 Å². The molecule has 16 heavy (non-hydrogen) atoms. The van der Waals surface area contributed by atoms with Crippen LogP contribution in [0.25, 0.3) is 0 Å². The minimum atomic E-state index is -2.93. The Morgan fingerprint density at radius 2 is 2.31 bits per heavy atom. The molecule has 0 aromatic carbocycles. The van der Waals surface area contributed by atoms with Gasteiger partial charge in [0.1, 0.15) is 0 Å². The zero-order valence-electron chi connectivity index (χ0n) is 8.50. The first-order valence-corrected chi connectivity index (χ1v) is 7.69. The average Bonchev–Trinajstić information content (AvgIpc) is 2.81. The van der Waals surface area contributed by atoms with Crippen molar-refractivity contribution in [2.24, 2.45) is 0 Å². The number of rotatable bonds is 4. The Bertz CT molecular complexity index is 456. The lowest BCUT2D eigenvalue weighted by Gasteiger charge is -1.98. The summed E-state index contributed by atoms with van der Waals surface area (Å²) in [5.41, 5.74) is 0. The van der Waals surface area contributed by atoms with E-state index in [0.29, 0.717) is 23.3 Å². The standard InChI is InChI=1S/C8H12N2O4S2/c11-2-3-15-8-10-9-7(14-8)6-1-4-16(12,13)5-6/h6,11H,1-5H2/t6-/m0/s1. The molecule has 90 valence electrons. The fourth-order valence-electron chi connectivity index (χ4n) is 1.57. The third-order valence-corrected chi connectivity index (χ3v) is 4.89. The lowest BCUT2D eigenvalue weighted by atomic mass is 10.1. The first-order chi connectivity index (χ1) is 7.61. The molecule has 0 spiro atoms. The third-order valence-electron chi connectivity index (χ3n) is 2.32. The van der Waals surface area contributed by atoms with Crippen molar-refractivity contribution >= 4 is 21.6 Å². The van der Waals surface area contributed by atoms with E-state index in [2.05, 4.69) is 10.2 Å². The quantitative estimate of drug-likeness (QED) is 0.768. The zero-order chi connectivity index (χ0) is 11.6. The molecule has 1 saturated heterocycles. The van der Waals surface area contributed by atoms with Gasteiger partial charge in [0, 0.05) is 5.75 Å². The molecule has 8 heteroatoms. The normalized spacial score (nSPS) is 23.7. The molecular weight excluding hydrogens is 252 g/mol. The van der Waals surface area contributed by atoms with Crippen molar-refractivity contribution in [3.05, 3.63) is 5.89 Å². The summed E-state index contributed by atoms with van der Waals surface area (Å²) < 4.78 is 27.9. The number of nitrogens with zero attached hydrogens (tertiary/aromatic N) is 2. The number of hydrogen-bond acceptors (Lipinski definition) is 7. The van der Waals surface area contributed by atoms with Crippen LogP contribution >= 0.6 is 11.8 Å². The number of aliphatic hydroxyl groups is 1. The van der Waals surface area contributed by atoms with Gasteiger partial charge in [-0.1, -0.05) is 11.8 Å². The minimum absolute atomic E-state index is 0.0419. The summed E-state index contributed by atoms with van der Waals surface area (Å²) in [7, 11) is -2.93. The van der Waals surface area contributed by atoms with E-state index in [4.69, 9.17) is 9.52 Å². The highest BCUT2D eigenvalue weighted by Gasteiger charge is 2.32. The molecule has 0 aliphatic carbocycles. The van der Waals surface area contributed by atoms with Crippen LogP contribution in [0, 0.1) is 0 Å². The molecule has 1 aliphatic heterocycles. The SMILES string of the molecule is O=S1(=O)CC[C@H](c2nnc(SCCO)o2)C1. The van der Waals surface area contributed by atoms with Gasteiger partial charge in [-0.15, -0.1) is 10.2 Å². The van der Waals surface area contributed by atoms with Crippen LogP contribution in [-0.4, -0.2) is 47.6 Å². The van der Waals surface area contributed by atoms with E-state index >= 15 is 0 Å².